The highest BCUT2D eigenvalue weighted by Gasteiger charge is 2.42. The van der Waals surface area contributed by atoms with Crippen molar-refractivity contribution in [3.05, 3.63) is 125 Å². The van der Waals surface area contributed by atoms with Gasteiger partial charge in [-0.1, -0.05) is 23.7 Å². The average Bonchev–Trinajstić information content (AvgIpc) is 3.60. The minimum Gasteiger partial charge on any atom is -0.497 e. The summed E-state index contributed by atoms with van der Waals surface area (Å²) in [6.07, 6.45) is 1.79. The molecule has 1 aliphatic heterocycles. The molecule has 40 heavy (non-hydrogen) atoms. The molecule has 1 N–H and O–H groups in total. The third kappa shape index (κ3) is 5.13. The number of hydrogen-bond donors (Lipinski definition) is 1. The number of anilines is 1. The number of aryl methyl sites for hydroxylation is 1. The van der Waals surface area contributed by atoms with Gasteiger partial charge in [0.15, 0.2) is 5.11 Å². The lowest BCUT2D eigenvalue weighted by molar-refractivity contribution is 0.413. The van der Waals surface area contributed by atoms with Crippen molar-refractivity contribution in [2.45, 2.75) is 19.0 Å². The Kier molecular flexibility index (Phi) is 7.15. The SMILES string of the molecule is COc1ccc(Oc2ccc(N3C(=S)N[C@@H](c4ccccn4)[C@@H]3c3ccc(-c4cc(Cl)ccc4C)o3)cc2)cc1. The van der Waals surface area contributed by atoms with Crippen LogP contribution in [0.5, 0.6) is 17.2 Å². The van der Waals surface area contributed by atoms with Crippen LogP contribution in [0, 0.1) is 6.92 Å². The number of nitrogens with zero attached hydrogens (tertiary/aromatic N) is 2. The standard InChI is InChI=1S/C32H26ClN3O3S/c1-20-6-7-21(33)19-26(20)28-16-17-29(39-28)31-30(27-5-3-4-18-34-27)35-32(40)36(31)22-8-10-24(11-9-22)38-25-14-12-23(37-2)13-15-25/h3-19,30-31H,1-2H3,(H,35,40)/t30-,31-/m0/s1. The van der Waals surface area contributed by atoms with Gasteiger partial charge in [0.1, 0.15) is 34.8 Å². The van der Waals surface area contributed by atoms with Gasteiger partial charge in [0.25, 0.3) is 0 Å². The van der Waals surface area contributed by atoms with E-state index in [1.54, 1.807) is 13.3 Å². The van der Waals surface area contributed by atoms with Gasteiger partial charge >= 0.3 is 0 Å². The lowest BCUT2D eigenvalue weighted by Gasteiger charge is -2.26. The first-order valence-corrected chi connectivity index (χ1v) is 13.6. The van der Waals surface area contributed by atoms with Crippen LogP contribution in [0.25, 0.3) is 11.3 Å². The molecule has 0 spiro atoms. The highest BCUT2D eigenvalue weighted by atomic mass is 35.5. The lowest BCUT2D eigenvalue weighted by Crippen LogP contribution is -2.29. The lowest BCUT2D eigenvalue weighted by atomic mass is 10.0. The van der Waals surface area contributed by atoms with E-state index in [0.29, 0.717) is 15.9 Å². The van der Waals surface area contributed by atoms with E-state index in [0.717, 1.165) is 45.5 Å². The third-order valence-corrected chi connectivity index (χ3v) is 7.44. The highest BCUT2D eigenvalue weighted by Crippen LogP contribution is 2.43. The number of nitrogens with one attached hydrogen (secondary N) is 1. The largest absolute Gasteiger partial charge is 0.497 e. The van der Waals surface area contributed by atoms with Crippen molar-refractivity contribution < 1.29 is 13.9 Å². The van der Waals surface area contributed by atoms with Crippen LogP contribution in [0.2, 0.25) is 5.02 Å². The Bertz CT molecular complexity index is 1640. The van der Waals surface area contributed by atoms with Gasteiger partial charge in [-0.25, -0.2) is 0 Å². The summed E-state index contributed by atoms with van der Waals surface area (Å²) in [7, 11) is 1.64. The molecule has 0 amide bonds. The van der Waals surface area contributed by atoms with Gasteiger partial charge in [-0.2, -0.15) is 0 Å². The van der Waals surface area contributed by atoms with Gasteiger partial charge in [-0.15, -0.1) is 0 Å². The van der Waals surface area contributed by atoms with E-state index in [1.165, 1.54) is 0 Å². The van der Waals surface area contributed by atoms with Crippen molar-refractivity contribution in [1.82, 2.24) is 10.3 Å². The Balaban J connectivity index is 1.34. The molecule has 0 radical (unpaired) electrons. The average molecular weight is 568 g/mol. The monoisotopic (exact) mass is 567 g/mol. The maximum Gasteiger partial charge on any atom is 0.174 e. The maximum absolute atomic E-state index is 6.50. The molecule has 0 bridgehead atoms. The molecule has 6 rings (SSSR count). The Morgan fingerprint density at radius 1 is 0.900 bits per heavy atom. The normalized spacial score (nSPS) is 16.6. The van der Waals surface area contributed by atoms with E-state index in [1.807, 2.05) is 104 Å². The Morgan fingerprint density at radius 3 is 2.33 bits per heavy atom. The summed E-state index contributed by atoms with van der Waals surface area (Å²) in [6, 6.07) is 30.5. The highest BCUT2D eigenvalue weighted by molar-refractivity contribution is 7.80. The number of hydrogen-bond acceptors (Lipinski definition) is 5. The van der Waals surface area contributed by atoms with Gasteiger partial charge < -0.3 is 24.1 Å². The topological polar surface area (TPSA) is 59.8 Å². The van der Waals surface area contributed by atoms with E-state index >= 15 is 0 Å². The van der Waals surface area contributed by atoms with E-state index in [9.17, 15) is 0 Å². The molecule has 0 unspecified atom stereocenters. The Hall–Kier alpha value is -4.33. The van der Waals surface area contributed by atoms with Crippen molar-refractivity contribution in [3.8, 4) is 28.6 Å². The maximum atomic E-state index is 6.50. The molecular formula is C32H26ClN3O3S. The quantitative estimate of drug-likeness (QED) is 0.198. The van der Waals surface area contributed by atoms with E-state index in [4.69, 9.17) is 37.7 Å². The van der Waals surface area contributed by atoms with Crippen molar-refractivity contribution in [3.63, 3.8) is 0 Å². The smallest absolute Gasteiger partial charge is 0.174 e. The predicted octanol–water partition coefficient (Wildman–Crippen LogP) is 8.28. The van der Waals surface area contributed by atoms with E-state index in [2.05, 4.69) is 15.2 Å². The van der Waals surface area contributed by atoms with Gasteiger partial charge in [0, 0.05) is 22.5 Å². The number of methoxy groups -OCH3 is 1. The minimum atomic E-state index is -0.274. The van der Waals surface area contributed by atoms with Crippen LogP contribution < -0.4 is 19.7 Å². The van der Waals surface area contributed by atoms with Crippen LogP contribution in [0.1, 0.15) is 29.1 Å². The summed E-state index contributed by atoms with van der Waals surface area (Å²) in [5, 5.41) is 4.72. The first-order valence-electron chi connectivity index (χ1n) is 12.8. The third-order valence-electron chi connectivity index (χ3n) is 6.89. The van der Waals surface area contributed by atoms with E-state index in [-0.39, 0.29) is 12.1 Å². The van der Waals surface area contributed by atoms with Crippen molar-refractivity contribution in [2.75, 3.05) is 12.0 Å². The summed E-state index contributed by atoms with van der Waals surface area (Å²) in [6.45, 7) is 2.04. The second-order valence-electron chi connectivity index (χ2n) is 9.43. The van der Waals surface area contributed by atoms with Gasteiger partial charge in [-0.05, 0) is 110 Å². The van der Waals surface area contributed by atoms with Crippen LogP contribution in [0.3, 0.4) is 0 Å². The number of thiocarbonyl (C=S) groups is 1. The van der Waals surface area contributed by atoms with Crippen molar-refractivity contribution in [1.29, 1.82) is 0 Å². The molecule has 0 aliphatic carbocycles. The fraction of sp³-hybridized carbons (Fsp3) is 0.125. The number of halogens is 1. The van der Waals surface area contributed by atoms with E-state index < -0.39 is 0 Å². The first kappa shape index (κ1) is 25.9. The fourth-order valence-electron chi connectivity index (χ4n) is 4.89. The molecule has 2 aromatic heterocycles. The summed E-state index contributed by atoms with van der Waals surface area (Å²) < 4.78 is 17.8. The summed E-state index contributed by atoms with van der Waals surface area (Å²) in [4.78, 5) is 6.69. The number of benzene rings is 3. The summed E-state index contributed by atoms with van der Waals surface area (Å²) in [5.74, 6) is 3.71. The second-order valence-corrected chi connectivity index (χ2v) is 10.3. The van der Waals surface area contributed by atoms with Crippen LogP contribution in [0.15, 0.2) is 108 Å². The molecule has 2 atom stereocenters. The molecule has 1 fully saturated rings. The molecule has 6 nitrogen and oxygen atoms in total. The molecule has 1 aliphatic rings. The molecule has 5 aromatic rings. The molecule has 3 heterocycles. The Labute approximate surface area is 243 Å². The number of ether oxygens (including phenoxy) is 2. The van der Waals surface area contributed by atoms with Crippen LogP contribution >= 0.6 is 23.8 Å². The minimum absolute atomic E-state index is 0.219. The molecular weight excluding hydrogens is 542 g/mol. The zero-order chi connectivity index (χ0) is 27.6. The summed E-state index contributed by atoms with van der Waals surface area (Å²) in [5.41, 5.74) is 3.80. The van der Waals surface area contributed by atoms with Crippen LogP contribution in [-0.2, 0) is 0 Å². The molecule has 3 aromatic carbocycles. The molecule has 200 valence electrons. The molecule has 0 saturated carbocycles. The predicted molar refractivity (Wildman–Crippen MR) is 161 cm³/mol. The van der Waals surface area contributed by atoms with Crippen LogP contribution in [-0.4, -0.2) is 17.2 Å². The number of aromatic nitrogens is 1. The first-order chi connectivity index (χ1) is 19.5. The molecule has 8 heteroatoms. The molecule has 1 saturated heterocycles. The van der Waals surface area contributed by atoms with Gasteiger partial charge in [-0.3, -0.25) is 4.98 Å². The Morgan fingerprint density at radius 2 is 1.62 bits per heavy atom. The van der Waals surface area contributed by atoms with Crippen LogP contribution in [0.4, 0.5) is 5.69 Å². The summed E-state index contributed by atoms with van der Waals surface area (Å²) >= 11 is 12.2. The zero-order valence-electron chi connectivity index (χ0n) is 21.9. The second kappa shape index (κ2) is 11.0. The number of furan rings is 1. The van der Waals surface area contributed by atoms with Gasteiger partial charge in [0.05, 0.1) is 18.8 Å². The van der Waals surface area contributed by atoms with Gasteiger partial charge in [0.2, 0.25) is 0 Å². The zero-order valence-corrected chi connectivity index (χ0v) is 23.4. The number of rotatable bonds is 7. The van der Waals surface area contributed by atoms with Crippen molar-refractivity contribution in [2.24, 2.45) is 0 Å². The number of pyridine rings is 1. The fourth-order valence-corrected chi connectivity index (χ4v) is 5.41. The van der Waals surface area contributed by atoms with Crippen molar-refractivity contribution >= 4 is 34.6 Å².